The van der Waals surface area contributed by atoms with E-state index in [-0.39, 0.29) is 12.2 Å². The predicted octanol–water partition coefficient (Wildman–Crippen LogP) is 2.92. The molecular weight excluding hydrogens is 252 g/mol. The van der Waals surface area contributed by atoms with Gasteiger partial charge in [0.2, 0.25) is 5.91 Å². The van der Waals surface area contributed by atoms with Crippen molar-refractivity contribution >= 4 is 5.91 Å². The first-order valence-electron chi connectivity index (χ1n) is 8.38. The molecular formula is C16H32N2O2. The van der Waals surface area contributed by atoms with E-state index >= 15 is 0 Å². The van der Waals surface area contributed by atoms with E-state index in [9.17, 15) is 4.79 Å². The third-order valence-corrected chi connectivity index (χ3v) is 3.80. The maximum Gasteiger partial charge on any atom is 0.241 e. The zero-order chi connectivity index (χ0) is 14.8. The number of nitrogens with one attached hydrogen (secondary N) is 1. The molecule has 1 N–H and O–H groups in total. The number of hydrogen-bond acceptors (Lipinski definition) is 3. The molecule has 118 valence electrons. The van der Waals surface area contributed by atoms with Crippen molar-refractivity contribution in [3.05, 3.63) is 0 Å². The number of amides is 1. The second-order valence-corrected chi connectivity index (χ2v) is 5.66. The summed E-state index contributed by atoms with van der Waals surface area (Å²) in [5.41, 5.74) is 0. The van der Waals surface area contributed by atoms with Crippen LogP contribution in [-0.4, -0.2) is 42.8 Å². The lowest BCUT2D eigenvalue weighted by molar-refractivity contribution is -0.130. The average Bonchev–Trinajstić information content (AvgIpc) is 2.73. The standard InChI is InChI=1S/C16H32N2O2/c1-4-7-10-14-16(19)18(15(17-14)9-5-2)11-8-13-20-12-6-3/h14-15,17H,4-13H2,1-3H3. The van der Waals surface area contributed by atoms with Crippen LogP contribution in [0.25, 0.3) is 0 Å². The van der Waals surface area contributed by atoms with Crippen LogP contribution in [-0.2, 0) is 9.53 Å². The first-order valence-corrected chi connectivity index (χ1v) is 8.38. The van der Waals surface area contributed by atoms with E-state index in [1.54, 1.807) is 0 Å². The van der Waals surface area contributed by atoms with Crippen molar-refractivity contribution in [1.29, 1.82) is 0 Å². The molecule has 0 spiro atoms. The highest BCUT2D eigenvalue weighted by molar-refractivity contribution is 5.84. The van der Waals surface area contributed by atoms with Crippen molar-refractivity contribution in [2.24, 2.45) is 0 Å². The summed E-state index contributed by atoms with van der Waals surface area (Å²) >= 11 is 0. The topological polar surface area (TPSA) is 41.6 Å². The second-order valence-electron chi connectivity index (χ2n) is 5.66. The smallest absolute Gasteiger partial charge is 0.241 e. The molecule has 0 aromatic rings. The van der Waals surface area contributed by atoms with Gasteiger partial charge in [-0.1, -0.05) is 40.0 Å². The van der Waals surface area contributed by atoms with Crippen LogP contribution in [0.2, 0.25) is 0 Å². The van der Waals surface area contributed by atoms with Crippen LogP contribution in [0, 0.1) is 0 Å². The molecule has 1 amide bonds. The zero-order valence-corrected chi connectivity index (χ0v) is 13.5. The molecule has 0 aromatic heterocycles. The molecule has 1 aliphatic rings. The van der Waals surface area contributed by atoms with E-state index in [2.05, 4.69) is 26.1 Å². The van der Waals surface area contributed by atoms with E-state index < -0.39 is 0 Å². The minimum absolute atomic E-state index is 0.0445. The van der Waals surface area contributed by atoms with E-state index in [4.69, 9.17) is 4.74 Å². The maximum atomic E-state index is 12.4. The molecule has 2 unspecified atom stereocenters. The Kier molecular flexibility index (Phi) is 8.86. The van der Waals surface area contributed by atoms with Gasteiger partial charge in [-0.2, -0.15) is 0 Å². The van der Waals surface area contributed by atoms with Crippen molar-refractivity contribution in [3.8, 4) is 0 Å². The van der Waals surface area contributed by atoms with Crippen LogP contribution in [0.5, 0.6) is 0 Å². The van der Waals surface area contributed by atoms with Crippen LogP contribution in [0.4, 0.5) is 0 Å². The van der Waals surface area contributed by atoms with Gasteiger partial charge in [0.05, 0.1) is 12.2 Å². The highest BCUT2D eigenvalue weighted by atomic mass is 16.5. The largest absolute Gasteiger partial charge is 0.381 e. The van der Waals surface area contributed by atoms with Gasteiger partial charge in [0.1, 0.15) is 0 Å². The molecule has 1 rings (SSSR count). The molecule has 1 aliphatic heterocycles. The Labute approximate surface area is 124 Å². The van der Waals surface area contributed by atoms with Crippen LogP contribution in [0.3, 0.4) is 0 Å². The Morgan fingerprint density at radius 2 is 1.85 bits per heavy atom. The van der Waals surface area contributed by atoms with Crippen molar-refractivity contribution in [1.82, 2.24) is 10.2 Å². The van der Waals surface area contributed by atoms with Gasteiger partial charge >= 0.3 is 0 Å². The molecule has 2 atom stereocenters. The SMILES string of the molecule is CCCCC1NC(CCC)N(CCCOCCC)C1=O. The number of unbranched alkanes of at least 4 members (excludes halogenated alkanes) is 1. The normalized spacial score (nSPS) is 22.8. The fourth-order valence-electron chi connectivity index (χ4n) is 2.72. The summed E-state index contributed by atoms with van der Waals surface area (Å²) in [7, 11) is 0. The van der Waals surface area contributed by atoms with Crippen LogP contribution >= 0.6 is 0 Å². The van der Waals surface area contributed by atoms with Gasteiger partial charge in [-0.3, -0.25) is 10.1 Å². The summed E-state index contributed by atoms with van der Waals surface area (Å²) in [5, 5.41) is 3.51. The monoisotopic (exact) mass is 284 g/mol. The predicted molar refractivity (Wildman–Crippen MR) is 82.6 cm³/mol. The van der Waals surface area contributed by atoms with E-state index in [0.29, 0.717) is 5.91 Å². The second kappa shape index (κ2) is 10.2. The van der Waals surface area contributed by atoms with Crippen LogP contribution in [0.15, 0.2) is 0 Å². The zero-order valence-electron chi connectivity index (χ0n) is 13.5. The number of carbonyl (C=O) groups is 1. The average molecular weight is 284 g/mol. The van der Waals surface area contributed by atoms with Crippen molar-refractivity contribution in [3.63, 3.8) is 0 Å². The van der Waals surface area contributed by atoms with Crippen molar-refractivity contribution in [2.75, 3.05) is 19.8 Å². The Morgan fingerprint density at radius 1 is 1.05 bits per heavy atom. The van der Waals surface area contributed by atoms with Gasteiger partial charge in [-0.15, -0.1) is 0 Å². The van der Waals surface area contributed by atoms with Gasteiger partial charge < -0.3 is 9.64 Å². The molecule has 1 heterocycles. The number of ether oxygens (including phenoxy) is 1. The lowest BCUT2D eigenvalue weighted by Crippen LogP contribution is -2.38. The van der Waals surface area contributed by atoms with Gasteiger partial charge in [-0.05, 0) is 25.7 Å². The van der Waals surface area contributed by atoms with Crippen LogP contribution in [0.1, 0.15) is 65.7 Å². The number of carbonyl (C=O) groups excluding carboxylic acids is 1. The summed E-state index contributed by atoms with van der Waals surface area (Å²) < 4.78 is 5.51. The molecule has 20 heavy (non-hydrogen) atoms. The summed E-state index contributed by atoms with van der Waals surface area (Å²) in [6.45, 7) is 8.87. The quantitative estimate of drug-likeness (QED) is 0.593. The molecule has 0 radical (unpaired) electrons. The van der Waals surface area contributed by atoms with Gasteiger partial charge in [-0.25, -0.2) is 0 Å². The Hall–Kier alpha value is -0.610. The molecule has 0 aromatic carbocycles. The van der Waals surface area contributed by atoms with E-state index in [0.717, 1.165) is 64.7 Å². The number of rotatable bonds is 11. The molecule has 4 nitrogen and oxygen atoms in total. The van der Waals surface area contributed by atoms with Gasteiger partial charge in [0, 0.05) is 19.8 Å². The third kappa shape index (κ3) is 5.41. The highest BCUT2D eigenvalue weighted by Crippen LogP contribution is 2.19. The van der Waals surface area contributed by atoms with Gasteiger partial charge in [0.25, 0.3) is 0 Å². The summed E-state index contributed by atoms with van der Waals surface area (Å²) in [5.74, 6) is 0.299. The molecule has 0 saturated carbocycles. The number of hydrogen-bond donors (Lipinski definition) is 1. The molecule has 1 saturated heterocycles. The van der Waals surface area contributed by atoms with E-state index in [1.165, 1.54) is 0 Å². The third-order valence-electron chi connectivity index (χ3n) is 3.80. The summed E-state index contributed by atoms with van der Waals surface area (Å²) in [4.78, 5) is 14.5. The Bertz CT molecular complexity index is 271. The Balaban J connectivity index is 2.40. The van der Waals surface area contributed by atoms with Gasteiger partial charge in [0.15, 0.2) is 0 Å². The maximum absolute atomic E-state index is 12.4. The number of nitrogens with zero attached hydrogens (tertiary/aromatic N) is 1. The van der Waals surface area contributed by atoms with Crippen molar-refractivity contribution < 1.29 is 9.53 Å². The fraction of sp³-hybridized carbons (Fsp3) is 0.938. The van der Waals surface area contributed by atoms with Crippen LogP contribution < -0.4 is 5.32 Å². The minimum atomic E-state index is 0.0445. The summed E-state index contributed by atoms with van der Waals surface area (Å²) in [6, 6.07) is 0.0445. The molecule has 1 fully saturated rings. The molecule has 0 aliphatic carbocycles. The lowest BCUT2D eigenvalue weighted by Gasteiger charge is -2.23. The highest BCUT2D eigenvalue weighted by Gasteiger charge is 2.37. The van der Waals surface area contributed by atoms with E-state index in [1.807, 2.05) is 4.90 Å². The first kappa shape index (κ1) is 17.4. The minimum Gasteiger partial charge on any atom is -0.381 e. The summed E-state index contributed by atoms with van der Waals surface area (Å²) in [6.07, 6.45) is 7.62. The first-order chi connectivity index (χ1) is 9.74. The van der Waals surface area contributed by atoms with Crippen molar-refractivity contribution in [2.45, 2.75) is 77.9 Å². The lowest BCUT2D eigenvalue weighted by atomic mass is 10.1. The Morgan fingerprint density at radius 3 is 2.50 bits per heavy atom. The fourth-order valence-corrected chi connectivity index (χ4v) is 2.72. The molecule has 4 heteroatoms. The molecule has 0 bridgehead atoms.